The lowest BCUT2D eigenvalue weighted by Crippen LogP contribution is -3.13. The molecule has 23 heavy (non-hydrogen) atoms. The van der Waals surface area contributed by atoms with Gasteiger partial charge in [0.05, 0.1) is 18.0 Å². The van der Waals surface area contributed by atoms with E-state index in [1.165, 1.54) is 29.7 Å². The predicted molar refractivity (Wildman–Crippen MR) is 92.7 cm³/mol. The SMILES string of the molecule is Cc1nc2sc([C@@H](c3sccc3C)[NH+]3CCCCC3)c(O)n2n1. The minimum absolute atomic E-state index is 0.198. The molecule has 1 fully saturated rings. The first kappa shape index (κ1) is 15.1. The van der Waals surface area contributed by atoms with E-state index in [9.17, 15) is 5.11 Å². The highest BCUT2D eigenvalue weighted by atomic mass is 32.1. The van der Waals surface area contributed by atoms with Crippen LogP contribution in [0.4, 0.5) is 0 Å². The molecule has 0 aliphatic carbocycles. The molecule has 3 aromatic rings. The number of nitrogens with one attached hydrogen (secondary N) is 1. The molecule has 7 heteroatoms. The van der Waals surface area contributed by atoms with E-state index in [2.05, 4.69) is 28.5 Å². The summed E-state index contributed by atoms with van der Waals surface area (Å²) in [6, 6.07) is 2.37. The summed E-state index contributed by atoms with van der Waals surface area (Å²) in [5.74, 6) is 0.966. The van der Waals surface area contributed by atoms with Crippen molar-refractivity contribution in [3.8, 4) is 5.88 Å². The molecular formula is C16H21N4OS2+. The molecule has 4 heterocycles. The number of hydrogen-bond donors (Lipinski definition) is 2. The second-order valence-electron chi connectivity index (χ2n) is 6.26. The number of thiazole rings is 1. The van der Waals surface area contributed by atoms with E-state index < -0.39 is 0 Å². The van der Waals surface area contributed by atoms with Crippen molar-refractivity contribution in [3.63, 3.8) is 0 Å². The average molecular weight is 350 g/mol. The first-order chi connectivity index (χ1) is 11.1. The Hall–Kier alpha value is -1.44. The van der Waals surface area contributed by atoms with Crippen molar-refractivity contribution in [2.45, 2.75) is 39.2 Å². The number of aryl methyl sites for hydroxylation is 2. The van der Waals surface area contributed by atoms with Crippen LogP contribution >= 0.6 is 22.7 Å². The molecule has 0 bridgehead atoms. The summed E-state index contributed by atoms with van der Waals surface area (Å²) in [5, 5.41) is 17.2. The van der Waals surface area contributed by atoms with Crippen molar-refractivity contribution >= 4 is 27.6 Å². The number of quaternary nitrogens is 1. The summed E-state index contributed by atoms with van der Waals surface area (Å²) in [6.45, 7) is 6.35. The van der Waals surface area contributed by atoms with Gasteiger partial charge in [-0.05, 0) is 50.1 Å². The van der Waals surface area contributed by atoms with Gasteiger partial charge >= 0.3 is 0 Å². The van der Waals surface area contributed by atoms with Crippen molar-refractivity contribution in [1.29, 1.82) is 0 Å². The Balaban J connectivity index is 1.84. The number of likely N-dealkylation sites (tertiary alicyclic amines) is 1. The van der Waals surface area contributed by atoms with Crippen molar-refractivity contribution in [2.75, 3.05) is 13.1 Å². The van der Waals surface area contributed by atoms with Gasteiger partial charge < -0.3 is 10.0 Å². The molecular weight excluding hydrogens is 328 g/mol. The Morgan fingerprint density at radius 1 is 1.22 bits per heavy atom. The minimum atomic E-state index is 0.198. The van der Waals surface area contributed by atoms with E-state index in [0.29, 0.717) is 5.82 Å². The van der Waals surface area contributed by atoms with E-state index in [1.54, 1.807) is 32.1 Å². The molecule has 1 aliphatic heterocycles. The summed E-state index contributed by atoms with van der Waals surface area (Å²) < 4.78 is 1.59. The van der Waals surface area contributed by atoms with Gasteiger partial charge in [0.25, 0.3) is 0 Å². The maximum atomic E-state index is 10.8. The van der Waals surface area contributed by atoms with Crippen molar-refractivity contribution < 1.29 is 10.0 Å². The Morgan fingerprint density at radius 3 is 2.65 bits per heavy atom. The molecule has 1 saturated heterocycles. The van der Waals surface area contributed by atoms with Gasteiger partial charge in [-0.2, -0.15) is 4.52 Å². The van der Waals surface area contributed by atoms with Crippen LogP contribution in [0.5, 0.6) is 5.88 Å². The van der Waals surface area contributed by atoms with Gasteiger partial charge in [-0.25, -0.2) is 4.98 Å². The Bertz CT molecular complexity index is 828. The monoisotopic (exact) mass is 349 g/mol. The standard InChI is InChI=1S/C16H20N4OS2/c1-10-6-9-22-13(10)12(19-7-4-3-5-8-19)14-15(21)20-16(23-14)17-11(2)18-20/h6,9,12,21H,3-5,7-8H2,1-2H3/p+1/t12-/m1/s1. The molecule has 5 nitrogen and oxygen atoms in total. The number of fused-ring (bicyclic) bond motifs is 1. The average Bonchev–Trinajstić information content (AvgIpc) is 3.20. The topological polar surface area (TPSA) is 54.9 Å². The van der Waals surface area contributed by atoms with Crippen LogP contribution in [-0.4, -0.2) is 32.8 Å². The maximum Gasteiger partial charge on any atom is 0.235 e. The lowest BCUT2D eigenvalue weighted by molar-refractivity contribution is -0.929. The quantitative estimate of drug-likeness (QED) is 0.763. The third-order valence-corrected chi connectivity index (χ3v) is 6.80. The molecule has 0 unspecified atom stereocenters. The lowest BCUT2D eigenvalue weighted by atomic mass is 10.0. The van der Waals surface area contributed by atoms with Crippen LogP contribution in [-0.2, 0) is 0 Å². The second-order valence-corrected chi connectivity index (χ2v) is 8.22. The summed E-state index contributed by atoms with van der Waals surface area (Å²) in [5.41, 5.74) is 1.31. The number of aromatic nitrogens is 3. The maximum absolute atomic E-state index is 10.8. The zero-order chi connectivity index (χ0) is 16.0. The fourth-order valence-electron chi connectivity index (χ4n) is 3.50. The van der Waals surface area contributed by atoms with Crippen molar-refractivity contribution in [1.82, 2.24) is 14.6 Å². The third kappa shape index (κ3) is 2.56. The van der Waals surface area contributed by atoms with E-state index in [-0.39, 0.29) is 11.9 Å². The van der Waals surface area contributed by atoms with Crippen molar-refractivity contribution in [3.05, 3.63) is 32.6 Å². The van der Waals surface area contributed by atoms with E-state index in [1.807, 2.05) is 6.92 Å². The minimum Gasteiger partial charge on any atom is -0.492 e. The molecule has 0 radical (unpaired) electrons. The molecule has 0 aromatic carbocycles. The Labute approximate surface area is 143 Å². The number of piperidine rings is 1. The second kappa shape index (κ2) is 5.89. The molecule has 0 spiro atoms. The van der Waals surface area contributed by atoms with E-state index in [4.69, 9.17) is 0 Å². The van der Waals surface area contributed by atoms with Crippen LogP contribution in [0, 0.1) is 13.8 Å². The Kier molecular flexibility index (Phi) is 3.87. The molecule has 0 amide bonds. The lowest BCUT2D eigenvalue weighted by Gasteiger charge is -2.30. The van der Waals surface area contributed by atoms with Gasteiger partial charge in [0, 0.05) is 0 Å². The van der Waals surface area contributed by atoms with Gasteiger partial charge in [0.2, 0.25) is 10.8 Å². The fraction of sp³-hybridized carbons (Fsp3) is 0.500. The summed E-state index contributed by atoms with van der Waals surface area (Å²) in [7, 11) is 0. The highest BCUT2D eigenvalue weighted by Crippen LogP contribution is 2.37. The number of nitrogens with zero attached hydrogens (tertiary/aromatic N) is 3. The van der Waals surface area contributed by atoms with Gasteiger partial charge in [-0.3, -0.25) is 0 Å². The smallest absolute Gasteiger partial charge is 0.235 e. The highest BCUT2D eigenvalue weighted by molar-refractivity contribution is 7.17. The summed E-state index contributed by atoms with van der Waals surface area (Å²) >= 11 is 3.37. The van der Waals surface area contributed by atoms with Crippen LogP contribution in [0.25, 0.3) is 4.96 Å². The molecule has 122 valence electrons. The fourth-order valence-corrected chi connectivity index (χ4v) is 5.84. The summed E-state index contributed by atoms with van der Waals surface area (Å²) in [6.07, 6.45) is 3.84. The van der Waals surface area contributed by atoms with E-state index in [0.717, 1.165) is 22.9 Å². The number of rotatable bonds is 3. The molecule has 1 atom stereocenters. The van der Waals surface area contributed by atoms with Crippen LogP contribution in [0.15, 0.2) is 11.4 Å². The largest absolute Gasteiger partial charge is 0.492 e. The normalized spacial score (nSPS) is 17.8. The van der Waals surface area contributed by atoms with Gasteiger partial charge in [0.15, 0.2) is 6.04 Å². The zero-order valence-corrected chi connectivity index (χ0v) is 15.0. The van der Waals surface area contributed by atoms with Gasteiger partial charge in [-0.15, -0.1) is 16.4 Å². The van der Waals surface area contributed by atoms with Crippen LogP contribution in [0.2, 0.25) is 0 Å². The van der Waals surface area contributed by atoms with E-state index >= 15 is 0 Å². The number of thiophene rings is 1. The molecule has 0 saturated carbocycles. The van der Waals surface area contributed by atoms with Crippen LogP contribution < -0.4 is 4.90 Å². The first-order valence-electron chi connectivity index (χ1n) is 8.08. The summed E-state index contributed by atoms with van der Waals surface area (Å²) in [4.78, 5) is 9.13. The molecule has 1 aliphatic rings. The van der Waals surface area contributed by atoms with Crippen LogP contribution in [0.3, 0.4) is 0 Å². The zero-order valence-electron chi connectivity index (χ0n) is 13.4. The van der Waals surface area contributed by atoms with Crippen LogP contribution in [0.1, 0.15) is 46.4 Å². The predicted octanol–water partition coefficient (Wildman–Crippen LogP) is 2.33. The first-order valence-corrected chi connectivity index (χ1v) is 9.78. The molecule has 3 aromatic heterocycles. The molecule has 4 rings (SSSR count). The number of hydrogen-bond acceptors (Lipinski definition) is 5. The van der Waals surface area contributed by atoms with Gasteiger partial charge in [-0.1, -0.05) is 11.3 Å². The third-order valence-electron chi connectivity index (χ3n) is 4.64. The van der Waals surface area contributed by atoms with Gasteiger partial charge in [0.1, 0.15) is 10.7 Å². The highest BCUT2D eigenvalue weighted by Gasteiger charge is 2.35. The Morgan fingerprint density at radius 2 is 2.00 bits per heavy atom. The number of aromatic hydroxyl groups is 1. The molecule has 2 N–H and O–H groups in total. The van der Waals surface area contributed by atoms with Crippen molar-refractivity contribution in [2.24, 2.45) is 0 Å².